The van der Waals surface area contributed by atoms with E-state index in [1.807, 2.05) is 51.1 Å². The van der Waals surface area contributed by atoms with Crippen LogP contribution in [-0.2, 0) is 0 Å². The van der Waals surface area contributed by atoms with Crippen molar-refractivity contribution in [3.63, 3.8) is 0 Å². The third-order valence-corrected chi connectivity index (χ3v) is 3.97. The van der Waals surface area contributed by atoms with E-state index in [1.165, 1.54) is 5.56 Å². The van der Waals surface area contributed by atoms with Gasteiger partial charge in [-0.25, -0.2) is 0 Å². The highest BCUT2D eigenvalue weighted by molar-refractivity contribution is 6.07. The van der Waals surface area contributed by atoms with Gasteiger partial charge in [-0.15, -0.1) is 0 Å². The maximum absolute atomic E-state index is 12.4. The summed E-state index contributed by atoms with van der Waals surface area (Å²) in [7, 11) is 3.23. The Morgan fingerprint density at radius 1 is 0.913 bits per heavy atom. The number of rotatable bonds is 5. The van der Waals surface area contributed by atoms with Crippen molar-refractivity contribution >= 4 is 11.9 Å². The molecule has 0 saturated carbocycles. The summed E-state index contributed by atoms with van der Waals surface area (Å²) in [5.41, 5.74) is 4.85. The summed E-state index contributed by atoms with van der Waals surface area (Å²) in [6.45, 7) is 6.00. The van der Waals surface area contributed by atoms with Crippen LogP contribution in [0.2, 0.25) is 0 Å². The molecule has 2 rings (SSSR count). The molecule has 0 radical (unpaired) electrons. The first kappa shape index (κ1) is 16.8. The maximum Gasteiger partial charge on any atom is 0.185 e. The second kappa shape index (κ2) is 7.14. The zero-order valence-corrected chi connectivity index (χ0v) is 14.3. The molecular weight excluding hydrogens is 288 g/mol. The zero-order chi connectivity index (χ0) is 17.0. The molecule has 0 amide bonds. The number of allylic oxidation sites excluding steroid dienone is 1. The standard InChI is InChI=1S/C20H22O3/c1-13-6-7-16(10-14(13)2)19(21)9-8-18-15(3)11-17(22-4)12-20(18)23-5/h6-12H,1-5H3/b9-8+. The molecular formula is C20H22O3. The Bertz CT molecular complexity index is 758. The van der Waals surface area contributed by atoms with Gasteiger partial charge in [0.2, 0.25) is 0 Å². The van der Waals surface area contributed by atoms with Crippen molar-refractivity contribution in [3.05, 3.63) is 64.2 Å². The number of aryl methyl sites for hydroxylation is 3. The summed E-state index contributed by atoms with van der Waals surface area (Å²) < 4.78 is 10.6. The second-order valence-electron chi connectivity index (χ2n) is 5.56. The van der Waals surface area contributed by atoms with Gasteiger partial charge in [0.1, 0.15) is 11.5 Å². The van der Waals surface area contributed by atoms with Gasteiger partial charge in [-0.3, -0.25) is 4.79 Å². The average Bonchev–Trinajstić information content (AvgIpc) is 2.55. The minimum atomic E-state index is -0.0228. The zero-order valence-electron chi connectivity index (χ0n) is 14.3. The molecule has 0 unspecified atom stereocenters. The number of hydrogen-bond acceptors (Lipinski definition) is 3. The molecule has 2 aromatic carbocycles. The SMILES string of the molecule is COc1cc(C)c(/C=C/C(=O)c2ccc(C)c(C)c2)c(OC)c1. The maximum atomic E-state index is 12.4. The van der Waals surface area contributed by atoms with Gasteiger partial charge in [0, 0.05) is 17.2 Å². The number of ether oxygens (including phenoxy) is 2. The first-order valence-corrected chi connectivity index (χ1v) is 7.48. The Labute approximate surface area is 137 Å². The Balaban J connectivity index is 2.32. The molecule has 0 heterocycles. The van der Waals surface area contributed by atoms with E-state index in [-0.39, 0.29) is 5.78 Å². The van der Waals surface area contributed by atoms with Gasteiger partial charge >= 0.3 is 0 Å². The van der Waals surface area contributed by atoms with Crippen molar-refractivity contribution in [1.29, 1.82) is 0 Å². The van der Waals surface area contributed by atoms with Gasteiger partial charge in [0.15, 0.2) is 5.78 Å². The van der Waals surface area contributed by atoms with E-state index in [1.54, 1.807) is 26.4 Å². The van der Waals surface area contributed by atoms with Gasteiger partial charge in [-0.2, -0.15) is 0 Å². The number of carbonyl (C=O) groups is 1. The number of carbonyl (C=O) groups excluding carboxylic acids is 1. The summed E-state index contributed by atoms with van der Waals surface area (Å²) in [5, 5.41) is 0. The number of hydrogen-bond donors (Lipinski definition) is 0. The van der Waals surface area contributed by atoms with Crippen LogP contribution in [0.3, 0.4) is 0 Å². The molecule has 0 bridgehead atoms. The van der Waals surface area contributed by atoms with Crippen LogP contribution >= 0.6 is 0 Å². The van der Waals surface area contributed by atoms with Crippen LogP contribution < -0.4 is 9.47 Å². The van der Waals surface area contributed by atoms with E-state index < -0.39 is 0 Å². The van der Waals surface area contributed by atoms with Gasteiger partial charge in [-0.1, -0.05) is 12.1 Å². The van der Waals surface area contributed by atoms with Crippen LogP contribution in [0.5, 0.6) is 11.5 Å². The lowest BCUT2D eigenvalue weighted by molar-refractivity contribution is 0.104. The Morgan fingerprint density at radius 3 is 2.26 bits per heavy atom. The predicted molar refractivity (Wildman–Crippen MR) is 93.6 cm³/mol. The smallest absolute Gasteiger partial charge is 0.185 e. The predicted octanol–water partition coefficient (Wildman–Crippen LogP) is 4.53. The average molecular weight is 310 g/mol. The third-order valence-electron chi connectivity index (χ3n) is 3.97. The Morgan fingerprint density at radius 2 is 1.65 bits per heavy atom. The fourth-order valence-electron chi connectivity index (χ4n) is 2.38. The molecule has 120 valence electrons. The van der Waals surface area contributed by atoms with E-state index in [2.05, 4.69) is 0 Å². The van der Waals surface area contributed by atoms with Gasteiger partial charge in [-0.05, 0) is 61.7 Å². The molecule has 0 saturated heterocycles. The van der Waals surface area contributed by atoms with Gasteiger partial charge in [0.05, 0.1) is 14.2 Å². The van der Waals surface area contributed by atoms with Crippen molar-refractivity contribution < 1.29 is 14.3 Å². The summed E-state index contributed by atoms with van der Waals surface area (Å²) >= 11 is 0. The summed E-state index contributed by atoms with van der Waals surface area (Å²) in [4.78, 5) is 12.4. The summed E-state index contributed by atoms with van der Waals surface area (Å²) in [5.74, 6) is 1.40. The van der Waals surface area contributed by atoms with Crippen LogP contribution in [0.15, 0.2) is 36.4 Å². The summed E-state index contributed by atoms with van der Waals surface area (Å²) in [6, 6.07) is 9.47. The van der Waals surface area contributed by atoms with Crippen molar-refractivity contribution in [2.75, 3.05) is 14.2 Å². The fraction of sp³-hybridized carbons (Fsp3) is 0.250. The lowest BCUT2D eigenvalue weighted by Crippen LogP contribution is -1.97. The molecule has 0 aromatic heterocycles. The van der Waals surface area contributed by atoms with Crippen LogP contribution in [0, 0.1) is 20.8 Å². The quantitative estimate of drug-likeness (QED) is 0.601. The molecule has 0 aliphatic carbocycles. The van der Waals surface area contributed by atoms with E-state index in [9.17, 15) is 4.79 Å². The monoisotopic (exact) mass is 310 g/mol. The van der Waals surface area contributed by atoms with Gasteiger partial charge in [0.25, 0.3) is 0 Å². The highest BCUT2D eigenvalue weighted by Crippen LogP contribution is 2.29. The van der Waals surface area contributed by atoms with Crippen LogP contribution in [-0.4, -0.2) is 20.0 Å². The minimum absolute atomic E-state index is 0.0228. The number of benzene rings is 2. The van der Waals surface area contributed by atoms with Crippen molar-refractivity contribution in [1.82, 2.24) is 0 Å². The lowest BCUT2D eigenvalue weighted by atomic mass is 10.0. The molecule has 2 aromatic rings. The van der Waals surface area contributed by atoms with E-state index >= 15 is 0 Å². The van der Waals surface area contributed by atoms with Crippen molar-refractivity contribution in [3.8, 4) is 11.5 Å². The third kappa shape index (κ3) is 3.81. The molecule has 0 atom stereocenters. The molecule has 0 aliphatic rings. The van der Waals surface area contributed by atoms with Gasteiger partial charge < -0.3 is 9.47 Å². The normalized spacial score (nSPS) is 10.8. The molecule has 3 heteroatoms. The lowest BCUT2D eigenvalue weighted by Gasteiger charge is -2.11. The Kier molecular flexibility index (Phi) is 5.22. The van der Waals surface area contributed by atoms with Crippen LogP contribution in [0.4, 0.5) is 0 Å². The van der Waals surface area contributed by atoms with E-state index in [0.717, 1.165) is 22.4 Å². The molecule has 23 heavy (non-hydrogen) atoms. The Hall–Kier alpha value is -2.55. The largest absolute Gasteiger partial charge is 0.497 e. The number of ketones is 1. The molecule has 0 aliphatic heterocycles. The first-order chi connectivity index (χ1) is 11.0. The van der Waals surface area contributed by atoms with Crippen LogP contribution in [0.25, 0.3) is 6.08 Å². The summed E-state index contributed by atoms with van der Waals surface area (Å²) in [6.07, 6.45) is 3.38. The highest BCUT2D eigenvalue weighted by Gasteiger charge is 2.08. The molecule has 0 spiro atoms. The molecule has 3 nitrogen and oxygen atoms in total. The topological polar surface area (TPSA) is 35.5 Å². The van der Waals surface area contributed by atoms with Crippen molar-refractivity contribution in [2.24, 2.45) is 0 Å². The molecule has 0 N–H and O–H groups in total. The van der Waals surface area contributed by atoms with Crippen molar-refractivity contribution in [2.45, 2.75) is 20.8 Å². The highest BCUT2D eigenvalue weighted by atomic mass is 16.5. The first-order valence-electron chi connectivity index (χ1n) is 7.48. The minimum Gasteiger partial charge on any atom is -0.497 e. The number of methoxy groups -OCH3 is 2. The second-order valence-corrected chi connectivity index (χ2v) is 5.56. The van der Waals surface area contributed by atoms with E-state index in [4.69, 9.17) is 9.47 Å². The van der Waals surface area contributed by atoms with E-state index in [0.29, 0.717) is 11.3 Å². The van der Waals surface area contributed by atoms with Crippen LogP contribution in [0.1, 0.15) is 32.6 Å². The fourth-order valence-corrected chi connectivity index (χ4v) is 2.38. The molecule has 0 fully saturated rings.